The number of nitrogens with zero attached hydrogens (tertiary/aromatic N) is 1. The molecule has 0 spiro atoms. The minimum atomic E-state index is -1.07. The van der Waals surface area contributed by atoms with Crippen LogP contribution in [0, 0.1) is 0 Å². The second-order valence-corrected chi connectivity index (χ2v) is 4.52. The number of amides is 1. The SMILES string of the molecule is COCCN(CC(=O)O)C(=O)Cc1c(OC)cccc1OC. The van der Waals surface area contributed by atoms with Gasteiger partial charge in [0.2, 0.25) is 5.91 Å². The Labute approximate surface area is 129 Å². The first-order valence-corrected chi connectivity index (χ1v) is 6.71. The van der Waals surface area contributed by atoms with Crippen LogP contribution < -0.4 is 9.47 Å². The van der Waals surface area contributed by atoms with Crippen LogP contribution in [-0.2, 0) is 20.7 Å². The zero-order valence-electron chi connectivity index (χ0n) is 13.0. The van der Waals surface area contributed by atoms with Gasteiger partial charge in [0.15, 0.2) is 0 Å². The third-order valence-electron chi connectivity index (χ3n) is 3.10. The van der Waals surface area contributed by atoms with E-state index < -0.39 is 5.97 Å². The molecule has 0 saturated heterocycles. The third kappa shape index (κ3) is 4.92. The van der Waals surface area contributed by atoms with Crippen LogP contribution in [0.15, 0.2) is 18.2 Å². The normalized spacial score (nSPS) is 10.1. The molecule has 122 valence electrons. The molecule has 1 aromatic rings. The number of rotatable bonds is 9. The summed E-state index contributed by atoms with van der Waals surface area (Å²) < 4.78 is 15.4. The molecule has 0 aliphatic carbocycles. The molecule has 7 heteroatoms. The van der Waals surface area contributed by atoms with Crippen LogP contribution in [0.25, 0.3) is 0 Å². The highest BCUT2D eigenvalue weighted by molar-refractivity contribution is 5.84. The molecule has 0 bridgehead atoms. The van der Waals surface area contributed by atoms with Gasteiger partial charge in [-0.2, -0.15) is 0 Å². The largest absolute Gasteiger partial charge is 0.496 e. The van der Waals surface area contributed by atoms with Gasteiger partial charge in [0.25, 0.3) is 0 Å². The van der Waals surface area contributed by atoms with Gasteiger partial charge in [0.1, 0.15) is 18.0 Å². The average Bonchev–Trinajstić information content (AvgIpc) is 2.51. The average molecular weight is 311 g/mol. The van der Waals surface area contributed by atoms with E-state index in [9.17, 15) is 9.59 Å². The Kier molecular flexibility index (Phi) is 7.18. The maximum Gasteiger partial charge on any atom is 0.323 e. The molecule has 0 aromatic heterocycles. The van der Waals surface area contributed by atoms with E-state index in [1.807, 2.05) is 0 Å². The Hall–Kier alpha value is -2.28. The zero-order valence-corrected chi connectivity index (χ0v) is 13.0. The molecule has 1 rings (SSSR count). The zero-order chi connectivity index (χ0) is 16.5. The highest BCUT2D eigenvalue weighted by Crippen LogP contribution is 2.29. The third-order valence-corrected chi connectivity index (χ3v) is 3.10. The molecule has 1 N–H and O–H groups in total. The minimum Gasteiger partial charge on any atom is -0.496 e. The first kappa shape index (κ1) is 17.8. The molecule has 1 aromatic carbocycles. The summed E-state index contributed by atoms with van der Waals surface area (Å²) in [7, 11) is 4.50. The molecule has 0 saturated carbocycles. The summed E-state index contributed by atoms with van der Waals surface area (Å²) in [6.07, 6.45) is -0.00974. The second-order valence-electron chi connectivity index (χ2n) is 4.52. The van der Waals surface area contributed by atoms with Gasteiger partial charge in [0, 0.05) is 19.2 Å². The number of aliphatic carboxylic acids is 1. The Morgan fingerprint density at radius 3 is 2.18 bits per heavy atom. The molecule has 0 unspecified atom stereocenters. The number of methoxy groups -OCH3 is 3. The molecule has 1 amide bonds. The standard InChI is InChI=1S/C15H21NO6/c1-20-8-7-16(10-15(18)19)14(17)9-11-12(21-2)5-4-6-13(11)22-3/h4-6H,7-10H2,1-3H3,(H,18,19). The van der Waals surface area contributed by atoms with Crippen LogP contribution in [0.4, 0.5) is 0 Å². The molecule has 0 atom stereocenters. The van der Waals surface area contributed by atoms with E-state index in [1.54, 1.807) is 18.2 Å². The predicted molar refractivity (Wildman–Crippen MR) is 79.3 cm³/mol. The van der Waals surface area contributed by atoms with Crippen LogP contribution in [0.1, 0.15) is 5.56 Å². The summed E-state index contributed by atoms with van der Waals surface area (Å²) in [6.45, 7) is 0.0981. The lowest BCUT2D eigenvalue weighted by atomic mass is 10.1. The highest BCUT2D eigenvalue weighted by Gasteiger charge is 2.20. The van der Waals surface area contributed by atoms with E-state index in [0.29, 0.717) is 17.1 Å². The van der Waals surface area contributed by atoms with Crippen LogP contribution in [-0.4, -0.2) is 62.9 Å². The van der Waals surface area contributed by atoms with Crippen LogP contribution >= 0.6 is 0 Å². The van der Waals surface area contributed by atoms with Crippen molar-refractivity contribution in [2.75, 3.05) is 41.0 Å². The van der Waals surface area contributed by atoms with Crippen molar-refractivity contribution in [3.05, 3.63) is 23.8 Å². The van der Waals surface area contributed by atoms with Crippen molar-refractivity contribution in [1.82, 2.24) is 4.90 Å². The molecule has 0 aliphatic heterocycles. The molecule has 0 heterocycles. The van der Waals surface area contributed by atoms with E-state index in [2.05, 4.69) is 0 Å². The summed E-state index contributed by atoms with van der Waals surface area (Å²) in [4.78, 5) is 24.5. The van der Waals surface area contributed by atoms with Crippen molar-refractivity contribution in [3.8, 4) is 11.5 Å². The minimum absolute atomic E-state index is 0.00974. The maximum absolute atomic E-state index is 12.4. The smallest absolute Gasteiger partial charge is 0.323 e. The molecule has 0 aliphatic rings. The summed E-state index contributed by atoms with van der Waals surface area (Å²) in [5.74, 6) is -0.358. The fourth-order valence-corrected chi connectivity index (χ4v) is 2.02. The van der Waals surface area contributed by atoms with Crippen LogP contribution in [0.2, 0.25) is 0 Å². The summed E-state index contributed by atoms with van der Waals surface area (Å²) >= 11 is 0. The van der Waals surface area contributed by atoms with Gasteiger partial charge in [-0.25, -0.2) is 0 Å². The number of hydrogen-bond acceptors (Lipinski definition) is 5. The van der Waals surface area contributed by atoms with Crippen molar-refractivity contribution in [2.45, 2.75) is 6.42 Å². The van der Waals surface area contributed by atoms with Crippen molar-refractivity contribution in [3.63, 3.8) is 0 Å². The number of carbonyl (C=O) groups excluding carboxylic acids is 1. The Balaban J connectivity index is 2.94. The van der Waals surface area contributed by atoms with Crippen molar-refractivity contribution >= 4 is 11.9 Å². The maximum atomic E-state index is 12.4. The fraction of sp³-hybridized carbons (Fsp3) is 0.467. The predicted octanol–water partition coefficient (Wildman–Crippen LogP) is 0.806. The monoisotopic (exact) mass is 311 g/mol. The van der Waals surface area contributed by atoms with Gasteiger partial charge in [-0.1, -0.05) is 6.07 Å². The van der Waals surface area contributed by atoms with Crippen molar-refractivity contribution in [1.29, 1.82) is 0 Å². The summed E-state index contributed by atoms with van der Waals surface area (Å²) in [5, 5.41) is 8.92. The Morgan fingerprint density at radius 1 is 1.14 bits per heavy atom. The number of benzene rings is 1. The second kappa shape index (κ2) is 8.89. The Bertz CT molecular complexity index is 495. The van der Waals surface area contributed by atoms with Gasteiger partial charge in [-0.3, -0.25) is 9.59 Å². The first-order valence-electron chi connectivity index (χ1n) is 6.71. The van der Waals surface area contributed by atoms with Gasteiger partial charge in [0.05, 0.1) is 27.2 Å². The topological polar surface area (TPSA) is 85.3 Å². The molecule has 0 fully saturated rings. The van der Waals surface area contributed by atoms with Gasteiger partial charge in [-0.15, -0.1) is 0 Å². The van der Waals surface area contributed by atoms with E-state index >= 15 is 0 Å². The van der Waals surface area contributed by atoms with E-state index in [-0.39, 0.29) is 32.0 Å². The van der Waals surface area contributed by atoms with Gasteiger partial charge < -0.3 is 24.2 Å². The van der Waals surface area contributed by atoms with E-state index in [1.165, 1.54) is 26.2 Å². The molecular formula is C15H21NO6. The molecular weight excluding hydrogens is 290 g/mol. The lowest BCUT2D eigenvalue weighted by molar-refractivity contribution is -0.144. The summed E-state index contributed by atoms with van der Waals surface area (Å²) in [5.41, 5.74) is 0.588. The lowest BCUT2D eigenvalue weighted by Gasteiger charge is -2.21. The number of carboxylic acid groups (broad SMARTS) is 1. The Morgan fingerprint density at radius 2 is 1.73 bits per heavy atom. The number of hydrogen-bond donors (Lipinski definition) is 1. The first-order chi connectivity index (χ1) is 10.5. The van der Waals surface area contributed by atoms with Crippen molar-refractivity contribution < 1.29 is 28.9 Å². The molecule has 22 heavy (non-hydrogen) atoms. The van der Waals surface area contributed by atoms with Crippen LogP contribution in [0.5, 0.6) is 11.5 Å². The summed E-state index contributed by atoms with van der Waals surface area (Å²) in [6, 6.07) is 5.20. The number of carbonyl (C=O) groups is 2. The lowest BCUT2D eigenvalue weighted by Crippen LogP contribution is -2.39. The van der Waals surface area contributed by atoms with E-state index in [0.717, 1.165) is 0 Å². The highest BCUT2D eigenvalue weighted by atomic mass is 16.5. The number of carboxylic acids is 1. The fourth-order valence-electron chi connectivity index (χ4n) is 2.02. The van der Waals surface area contributed by atoms with E-state index in [4.69, 9.17) is 19.3 Å². The van der Waals surface area contributed by atoms with Gasteiger partial charge >= 0.3 is 5.97 Å². The molecule has 0 radical (unpaired) electrons. The molecule has 7 nitrogen and oxygen atoms in total. The quantitative estimate of drug-likeness (QED) is 0.726. The van der Waals surface area contributed by atoms with Crippen LogP contribution in [0.3, 0.4) is 0 Å². The van der Waals surface area contributed by atoms with Crippen molar-refractivity contribution in [2.24, 2.45) is 0 Å². The number of ether oxygens (including phenoxy) is 3. The van der Waals surface area contributed by atoms with Gasteiger partial charge in [-0.05, 0) is 12.1 Å².